The van der Waals surface area contributed by atoms with E-state index in [9.17, 15) is 19.2 Å². The van der Waals surface area contributed by atoms with Gasteiger partial charge in [0, 0.05) is 17.0 Å². The van der Waals surface area contributed by atoms with Crippen LogP contribution in [0.1, 0.15) is 33.0 Å². The van der Waals surface area contributed by atoms with Gasteiger partial charge in [-0.25, -0.2) is 14.0 Å². The summed E-state index contributed by atoms with van der Waals surface area (Å²) in [7, 11) is 1.49. The summed E-state index contributed by atoms with van der Waals surface area (Å²) >= 11 is 0. The molecule has 1 aromatic heterocycles. The molecule has 0 saturated carbocycles. The summed E-state index contributed by atoms with van der Waals surface area (Å²) in [5, 5.41) is 10.5. The van der Waals surface area contributed by atoms with Crippen LogP contribution >= 0.6 is 0 Å². The van der Waals surface area contributed by atoms with Crippen LogP contribution < -0.4 is 30.3 Å². The molecule has 6 rings (SSSR count). The highest BCUT2D eigenvalue weighted by Crippen LogP contribution is 2.45. The molecule has 0 spiro atoms. The Labute approximate surface area is 250 Å². The maximum atomic E-state index is 13.3. The van der Waals surface area contributed by atoms with Gasteiger partial charge in [-0.1, -0.05) is 42.5 Å². The molecule has 1 aliphatic rings. The van der Waals surface area contributed by atoms with E-state index in [1.54, 1.807) is 60.7 Å². The van der Waals surface area contributed by atoms with Crippen molar-refractivity contribution in [3.05, 3.63) is 141 Å². The van der Waals surface area contributed by atoms with E-state index in [2.05, 4.69) is 6.07 Å². The van der Waals surface area contributed by atoms with Gasteiger partial charge in [0.2, 0.25) is 5.88 Å². The highest BCUT2D eigenvalue weighted by molar-refractivity contribution is 5.94. The number of carbonyl (C=O) groups is 1. The lowest BCUT2D eigenvalue weighted by Gasteiger charge is -2.27. The second-order valence-corrected chi connectivity index (χ2v) is 9.82. The fourth-order valence-electron chi connectivity index (χ4n) is 4.93. The topological polar surface area (TPSA) is 134 Å². The van der Waals surface area contributed by atoms with E-state index in [4.69, 9.17) is 29.1 Å². The standard InChI is InChI=1S/C34H23FN2O7/c1-40-30-15-21(8-13-28(30)41-18-19-6-9-22(35)10-7-19)31-24-12-11-23(16-29(24)43-32(37)26(31)17-36)42-33(38)25-14-20-4-2-3-5-27(20)44-34(25)39/h2-16,31H,18,37H2,1H3. The second-order valence-electron chi connectivity index (χ2n) is 9.82. The molecule has 2 N–H and O–H groups in total. The Morgan fingerprint density at radius 2 is 1.80 bits per heavy atom. The van der Waals surface area contributed by atoms with E-state index >= 15 is 0 Å². The zero-order valence-electron chi connectivity index (χ0n) is 23.2. The van der Waals surface area contributed by atoms with Crippen molar-refractivity contribution in [1.82, 2.24) is 0 Å². The van der Waals surface area contributed by atoms with Crippen LogP contribution in [-0.2, 0) is 6.61 Å². The number of para-hydroxylation sites is 1. The van der Waals surface area contributed by atoms with Crippen LogP contribution in [0, 0.1) is 17.1 Å². The highest BCUT2D eigenvalue weighted by Gasteiger charge is 2.32. The minimum atomic E-state index is -0.904. The van der Waals surface area contributed by atoms with Crippen LogP contribution in [0.15, 0.2) is 112 Å². The van der Waals surface area contributed by atoms with Crippen molar-refractivity contribution >= 4 is 16.9 Å². The number of nitrogens with zero attached hydrogens (tertiary/aromatic N) is 1. The van der Waals surface area contributed by atoms with Crippen LogP contribution in [-0.4, -0.2) is 13.1 Å². The SMILES string of the molecule is COc1cc(C2C(C#N)=C(N)Oc3cc(OC(=O)c4cc5ccccc5oc4=O)ccc32)ccc1OCc1ccc(F)cc1. The molecule has 4 aromatic carbocycles. The Balaban J connectivity index is 1.28. The van der Waals surface area contributed by atoms with E-state index in [0.717, 1.165) is 5.56 Å². The molecule has 0 amide bonds. The molecule has 9 nitrogen and oxygen atoms in total. The summed E-state index contributed by atoms with van der Waals surface area (Å²) < 4.78 is 41.2. The molecule has 10 heteroatoms. The van der Waals surface area contributed by atoms with Crippen LogP contribution in [0.5, 0.6) is 23.0 Å². The number of methoxy groups -OCH3 is 1. The third-order valence-corrected chi connectivity index (χ3v) is 7.09. The zero-order chi connectivity index (χ0) is 30.8. The minimum Gasteiger partial charge on any atom is -0.493 e. The van der Waals surface area contributed by atoms with Gasteiger partial charge in [-0.15, -0.1) is 0 Å². The predicted molar refractivity (Wildman–Crippen MR) is 157 cm³/mol. The molecular formula is C34H23FN2O7. The maximum Gasteiger partial charge on any atom is 0.351 e. The van der Waals surface area contributed by atoms with Gasteiger partial charge >= 0.3 is 11.6 Å². The summed E-state index contributed by atoms with van der Waals surface area (Å²) in [5.41, 5.74) is 7.62. The Morgan fingerprint density at radius 3 is 2.57 bits per heavy atom. The average Bonchev–Trinajstić information content (AvgIpc) is 3.03. The fraction of sp³-hybridized carbons (Fsp3) is 0.0882. The number of ether oxygens (including phenoxy) is 4. The van der Waals surface area contributed by atoms with Gasteiger partial charge in [-0.3, -0.25) is 0 Å². The normalized spacial score (nSPS) is 13.9. The van der Waals surface area contributed by atoms with Gasteiger partial charge in [0.05, 0.1) is 13.0 Å². The number of hydrogen-bond acceptors (Lipinski definition) is 9. The molecule has 5 aromatic rings. The number of halogens is 1. The van der Waals surface area contributed by atoms with Gasteiger partial charge < -0.3 is 29.1 Å². The molecule has 44 heavy (non-hydrogen) atoms. The summed E-state index contributed by atoms with van der Waals surface area (Å²) in [5.74, 6) is -0.777. The number of fused-ring (bicyclic) bond motifs is 2. The van der Waals surface area contributed by atoms with Crippen molar-refractivity contribution in [2.24, 2.45) is 5.73 Å². The number of benzene rings is 4. The number of hydrogen-bond donors (Lipinski definition) is 1. The number of carbonyl (C=O) groups excluding carboxylic acids is 1. The molecule has 0 bridgehead atoms. The monoisotopic (exact) mass is 590 g/mol. The summed E-state index contributed by atoms with van der Waals surface area (Å²) in [6.07, 6.45) is 0. The van der Waals surface area contributed by atoms with Crippen molar-refractivity contribution in [3.8, 4) is 29.1 Å². The van der Waals surface area contributed by atoms with Crippen LogP contribution in [0.25, 0.3) is 11.0 Å². The Bertz CT molecular complexity index is 2040. The maximum absolute atomic E-state index is 13.3. The summed E-state index contributed by atoms with van der Waals surface area (Å²) in [6, 6.07) is 26.2. The molecule has 1 atom stereocenters. The van der Waals surface area contributed by atoms with Gasteiger partial charge in [-0.05, 0) is 53.6 Å². The Hall–Kier alpha value is -6.08. The zero-order valence-corrected chi connectivity index (χ0v) is 23.2. The van der Waals surface area contributed by atoms with Crippen molar-refractivity contribution < 1.29 is 32.5 Å². The lowest BCUT2D eigenvalue weighted by molar-refractivity contribution is 0.0730. The van der Waals surface area contributed by atoms with Crippen molar-refractivity contribution in [3.63, 3.8) is 0 Å². The Kier molecular flexibility index (Phi) is 7.43. The van der Waals surface area contributed by atoms with E-state index in [0.29, 0.717) is 33.6 Å². The van der Waals surface area contributed by atoms with Crippen LogP contribution in [0.3, 0.4) is 0 Å². The molecule has 0 radical (unpaired) electrons. The first kappa shape index (κ1) is 28.1. The first-order chi connectivity index (χ1) is 21.3. The lowest BCUT2D eigenvalue weighted by Crippen LogP contribution is -2.22. The number of nitriles is 1. The molecule has 0 saturated heterocycles. The minimum absolute atomic E-state index is 0.0930. The van der Waals surface area contributed by atoms with Gasteiger partial charge in [-0.2, -0.15) is 5.26 Å². The average molecular weight is 591 g/mol. The van der Waals surface area contributed by atoms with E-state index < -0.39 is 17.5 Å². The van der Waals surface area contributed by atoms with Crippen molar-refractivity contribution in [1.29, 1.82) is 5.26 Å². The first-order valence-electron chi connectivity index (χ1n) is 13.4. The summed E-state index contributed by atoms with van der Waals surface area (Å²) in [6.45, 7) is 0.190. The number of rotatable bonds is 7. The van der Waals surface area contributed by atoms with E-state index in [-0.39, 0.29) is 40.9 Å². The molecule has 218 valence electrons. The molecule has 1 aliphatic heterocycles. The quantitative estimate of drug-likeness (QED) is 0.138. The largest absolute Gasteiger partial charge is 0.493 e. The van der Waals surface area contributed by atoms with Crippen molar-refractivity contribution in [2.75, 3.05) is 7.11 Å². The smallest absolute Gasteiger partial charge is 0.351 e. The van der Waals surface area contributed by atoms with Gasteiger partial charge in [0.15, 0.2) is 11.5 Å². The third kappa shape index (κ3) is 5.42. The van der Waals surface area contributed by atoms with E-state index in [1.807, 2.05) is 0 Å². The van der Waals surface area contributed by atoms with Crippen LogP contribution in [0.2, 0.25) is 0 Å². The number of allylic oxidation sites excluding steroid dienone is 1. The molecule has 1 unspecified atom stereocenters. The van der Waals surface area contributed by atoms with Crippen LogP contribution in [0.4, 0.5) is 4.39 Å². The molecular weight excluding hydrogens is 567 g/mol. The van der Waals surface area contributed by atoms with Gasteiger partial charge in [0.25, 0.3) is 0 Å². The first-order valence-corrected chi connectivity index (χ1v) is 13.4. The third-order valence-electron chi connectivity index (χ3n) is 7.09. The van der Waals surface area contributed by atoms with Gasteiger partial charge in [0.1, 0.15) is 46.7 Å². The lowest BCUT2D eigenvalue weighted by atomic mass is 9.83. The van der Waals surface area contributed by atoms with Crippen molar-refractivity contribution in [2.45, 2.75) is 12.5 Å². The second kappa shape index (κ2) is 11.7. The van der Waals surface area contributed by atoms with E-state index in [1.165, 1.54) is 37.4 Å². The molecule has 0 fully saturated rings. The predicted octanol–water partition coefficient (Wildman–Crippen LogP) is 5.96. The highest BCUT2D eigenvalue weighted by atomic mass is 19.1. The Morgan fingerprint density at radius 1 is 1.00 bits per heavy atom. The molecule has 2 heterocycles. The number of esters is 1. The molecule has 0 aliphatic carbocycles. The summed E-state index contributed by atoms with van der Waals surface area (Å²) in [4.78, 5) is 25.3. The number of nitrogens with two attached hydrogens (primary N) is 1. The fourth-order valence-corrected chi connectivity index (χ4v) is 4.93.